The van der Waals surface area contributed by atoms with Gasteiger partial charge in [0, 0.05) is 12.0 Å². The standard InChI is InChI=1S/C16H19FN4O/c1-3-12-13(4-2)20-21-16(18-12)19-14-7-8-22-15-6-5-10(17)9-11(14)15/h5-6,9,14H,3-4,7-8H2,1-2H3,(H,18,19,21). The lowest BCUT2D eigenvalue weighted by Gasteiger charge is -2.26. The van der Waals surface area contributed by atoms with E-state index >= 15 is 0 Å². The van der Waals surface area contributed by atoms with Gasteiger partial charge in [-0.3, -0.25) is 0 Å². The van der Waals surface area contributed by atoms with Crippen LogP contribution in [0.4, 0.5) is 10.3 Å². The highest BCUT2D eigenvalue weighted by atomic mass is 19.1. The second-order valence-corrected chi connectivity index (χ2v) is 5.25. The molecule has 0 fully saturated rings. The van der Waals surface area contributed by atoms with Crippen LogP contribution in [0.15, 0.2) is 18.2 Å². The van der Waals surface area contributed by atoms with Crippen LogP contribution in [-0.2, 0) is 12.8 Å². The van der Waals surface area contributed by atoms with Gasteiger partial charge in [-0.05, 0) is 31.0 Å². The van der Waals surface area contributed by atoms with E-state index in [9.17, 15) is 4.39 Å². The first kappa shape index (κ1) is 14.7. The van der Waals surface area contributed by atoms with E-state index in [1.807, 2.05) is 13.8 Å². The fourth-order valence-electron chi connectivity index (χ4n) is 2.67. The summed E-state index contributed by atoms with van der Waals surface area (Å²) in [6.45, 7) is 4.67. The van der Waals surface area contributed by atoms with Crippen molar-refractivity contribution in [3.05, 3.63) is 41.0 Å². The number of rotatable bonds is 4. The van der Waals surface area contributed by atoms with Gasteiger partial charge in [0.25, 0.3) is 0 Å². The maximum absolute atomic E-state index is 13.5. The molecular weight excluding hydrogens is 283 g/mol. The van der Waals surface area contributed by atoms with Crippen molar-refractivity contribution in [3.63, 3.8) is 0 Å². The summed E-state index contributed by atoms with van der Waals surface area (Å²) in [5, 5.41) is 11.6. The van der Waals surface area contributed by atoms with Gasteiger partial charge in [0.05, 0.1) is 24.0 Å². The van der Waals surface area contributed by atoms with Crippen LogP contribution in [0.25, 0.3) is 0 Å². The molecule has 0 saturated carbocycles. The van der Waals surface area contributed by atoms with Gasteiger partial charge >= 0.3 is 0 Å². The summed E-state index contributed by atoms with van der Waals surface area (Å²) in [7, 11) is 0. The summed E-state index contributed by atoms with van der Waals surface area (Å²) in [4.78, 5) is 4.53. The van der Waals surface area contributed by atoms with Crippen molar-refractivity contribution in [2.45, 2.75) is 39.2 Å². The third-order valence-corrected chi connectivity index (χ3v) is 3.82. The molecule has 1 aromatic carbocycles. The van der Waals surface area contributed by atoms with Crippen molar-refractivity contribution in [3.8, 4) is 5.75 Å². The lowest BCUT2D eigenvalue weighted by atomic mass is 10.0. The number of halogens is 1. The van der Waals surface area contributed by atoms with E-state index < -0.39 is 0 Å². The Morgan fingerprint density at radius 2 is 2.05 bits per heavy atom. The monoisotopic (exact) mass is 302 g/mol. The average Bonchev–Trinajstić information content (AvgIpc) is 2.55. The Hall–Kier alpha value is -2.24. The Bertz CT molecular complexity index is 677. The highest BCUT2D eigenvalue weighted by Crippen LogP contribution is 2.34. The number of nitrogens with zero attached hydrogens (tertiary/aromatic N) is 3. The quantitative estimate of drug-likeness (QED) is 0.940. The SMILES string of the molecule is CCc1nnc(NC2CCOc3ccc(F)cc32)nc1CC. The molecule has 2 heterocycles. The van der Waals surface area contributed by atoms with Gasteiger partial charge in [0.15, 0.2) is 0 Å². The molecule has 0 bridgehead atoms. The molecule has 22 heavy (non-hydrogen) atoms. The Morgan fingerprint density at radius 1 is 1.23 bits per heavy atom. The van der Waals surface area contributed by atoms with Crippen LogP contribution >= 0.6 is 0 Å². The Morgan fingerprint density at radius 3 is 2.82 bits per heavy atom. The molecule has 0 aliphatic carbocycles. The van der Waals surface area contributed by atoms with Gasteiger partial charge in [-0.25, -0.2) is 9.37 Å². The zero-order valence-electron chi connectivity index (χ0n) is 12.8. The molecule has 1 aromatic heterocycles. The molecule has 5 nitrogen and oxygen atoms in total. The van der Waals surface area contributed by atoms with Crippen LogP contribution < -0.4 is 10.1 Å². The van der Waals surface area contributed by atoms with E-state index in [-0.39, 0.29) is 11.9 Å². The van der Waals surface area contributed by atoms with Crippen LogP contribution in [0.3, 0.4) is 0 Å². The van der Waals surface area contributed by atoms with Crippen molar-refractivity contribution < 1.29 is 9.13 Å². The van der Waals surface area contributed by atoms with E-state index in [1.54, 1.807) is 6.07 Å². The Kier molecular flexibility index (Phi) is 4.18. The van der Waals surface area contributed by atoms with Crippen LogP contribution in [0.1, 0.15) is 43.3 Å². The number of aryl methyl sites for hydroxylation is 2. The average molecular weight is 302 g/mol. The molecule has 0 saturated heterocycles. The predicted molar refractivity (Wildman–Crippen MR) is 81.5 cm³/mol. The lowest BCUT2D eigenvalue weighted by molar-refractivity contribution is 0.273. The molecule has 1 unspecified atom stereocenters. The van der Waals surface area contributed by atoms with Crippen LogP contribution in [0.5, 0.6) is 5.75 Å². The molecule has 0 radical (unpaired) electrons. The molecule has 1 aliphatic heterocycles. The van der Waals surface area contributed by atoms with Gasteiger partial charge in [0.2, 0.25) is 5.95 Å². The van der Waals surface area contributed by atoms with E-state index in [1.165, 1.54) is 12.1 Å². The van der Waals surface area contributed by atoms with E-state index in [2.05, 4.69) is 20.5 Å². The highest BCUT2D eigenvalue weighted by molar-refractivity contribution is 5.42. The minimum absolute atomic E-state index is 0.0709. The molecule has 3 rings (SSSR count). The number of hydrogen-bond acceptors (Lipinski definition) is 5. The molecule has 116 valence electrons. The highest BCUT2D eigenvalue weighted by Gasteiger charge is 2.23. The molecule has 6 heteroatoms. The number of benzene rings is 1. The van der Waals surface area contributed by atoms with Gasteiger partial charge in [0.1, 0.15) is 11.6 Å². The number of fused-ring (bicyclic) bond motifs is 1. The summed E-state index contributed by atoms with van der Waals surface area (Å²) in [5.41, 5.74) is 2.67. The molecule has 1 aliphatic rings. The number of ether oxygens (including phenoxy) is 1. The van der Waals surface area contributed by atoms with Crippen LogP contribution in [-0.4, -0.2) is 21.8 Å². The van der Waals surface area contributed by atoms with Crippen molar-refractivity contribution in [2.24, 2.45) is 0 Å². The second-order valence-electron chi connectivity index (χ2n) is 5.25. The van der Waals surface area contributed by atoms with E-state index in [0.29, 0.717) is 18.3 Å². The molecule has 1 atom stereocenters. The van der Waals surface area contributed by atoms with Crippen LogP contribution in [0, 0.1) is 5.82 Å². The lowest BCUT2D eigenvalue weighted by Crippen LogP contribution is -2.22. The van der Waals surface area contributed by atoms with Crippen molar-refractivity contribution in [1.82, 2.24) is 15.2 Å². The summed E-state index contributed by atoms with van der Waals surface area (Å²) in [6, 6.07) is 4.50. The maximum Gasteiger partial charge on any atom is 0.243 e. The largest absolute Gasteiger partial charge is 0.493 e. The predicted octanol–water partition coefficient (Wildman–Crippen LogP) is 3.07. The third kappa shape index (κ3) is 2.86. The minimum Gasteiger partial charge on any atom is -0.493 e. The van der Waals surface area contributed by atoms with E-state index in [0.717, 1.165) is 36.2 Å². The molecule has 1 N–H and O–H groups in total. The van der Waals surface area contributed by atoms with E-state index in [4.69, 9.17) is 4.74 Å². The first-order chi connectivity index (χ1) is 10.7. The number of aromatic nitrogens is 3. The first-order valence-electron chi connectivity index (χ1n) is 7.62. The topological polar surface area (TPSA) is 59.9 Å². The molecule has 2 aromatic rings. The minimum atomic E-state index is -0.273. The van der Waals surface area contributed by atoms with Gasteiger partial charge in [-0.15, -0.1) is 5.10 Å². The van der Waals surface area contributed by atoms with Crippen molar-refractivity contribution in [2.75, 3.05) is 11.9 Å². The smallest absolute Gasteiger partial charge is 0.243 e. The zero-order chi connectivity index (χ0) is 15.5. The summed E-state index contributed by atoms with van der Waals surface area (Å²) in [5.74, 6) is 0.917. The summed E-state index contributed by atoms with van der Waals surface area (Å²) < 4.78 is 19.1. The maximum atomic E-state index is 13.5. The van der Waals surface area contributed by atoms with Crippen molar-refractivity contribution in [1.29, 1.82) is 0 Å². The van der Waals surface area contributed by atoms with Gasteiger partial charge < -0.3 is 10.1 Å². The fourth-order valence-corrected chi connectivity index (χ4v) is 2.67. The first-order valence-corrected chi connectivity index (χ1v) is 7.62. The number of nitrogens with one attached hydrogen (secondary N) is 1. The number of anilines is 1. The summed E-state index contributed by atoms with van der Waals surface area (Å²) >= 11 is 0. The molecule has 0 spiro atoms. The molecule has 0 amide bonds. The van der Waals surface area contributed by atoms with Gasteiger partial charge in [-0.2, -0.15) is 5.10 Å². The second kappa shape index (κ2) is 6.25. The van der Waals surface area contributed by atoms with Crippen molar-refractivity contribution >= 4 is 5.95 Å². The zero-order valence-corrected chi connectivity index (χ0v) is 12.8. The summed E-state index contributed by atoms with van der Waals surface area (Å²) in [6.07, 6.45) is 2.36. The Balaban J connectivity index is 1.87. The van der Waals surface area contributed by atoms with Crippen LogP contribution in [0.2, 0.25) is 0 Å². The number of hydrogen-bond donors (Lipinski definition) is 1. The van der Waals surface area contributed by atoms with Gasteiger partial charge in [-0.1, -0.05) is 13.8 Å². The Labute approximate surface area is 128 Å². The third-order valence-electron chi connectivity index (χ3n) is 3.82. The normalized spacial score (nSPS) is 16.8. The fraction of sp³-hybridized carbons (Fsp3) is 0.438. The molecular formula is C16H19FN4O.